The SMILES string of the molecule is O=C(N[C@H]1CCCC(n2c(-c3ccccc3F)nc3cnc(-c4c(F)cccc4F)cc32)C1)c1ncc(Cl)s1. The first kappa shape index (κ1) is 25.5. The molecule has 1 amide bonds. The Bertz CT molecular complexity index is 1680. The van der Waals surface area contributed by atoms with E-state index in [1.807, 2.05) is 4.57 Å². The summed E-state index contributed by atoms with van der Waals surface area (Å²) < 4.78 is 46.6. The highest BCUT2D eigenvalue weighted by Crippen LogP contribution is 2.38. The summed E-state index contributed by atoms with van der Waals surface area (Å²) in [6.45, 7) is 0. The van der Waals surface area contributed by atoms with Crippen molar-refractivity contribution in [3.05, 3.63) is 87.7 Å². The second-order valence-electron chi connectivity index (χ2n) is 9.40. The topological polar surface area (TPSA) is 72.7 Å². The zero-order chi connectivity index (χ0) is 27.1. The normalized spacial score (nSPS) is 17.4. The Morgan fingerprint density at radius 3 is 2.51 bits per heavy atom. The Hall–Kier alpha value is -3.76. The van der Waals surface area contributed by atoms with Crippen LogP contribution >= 0.6 is 22.9 Å². The lowest BCUT2D eigenvalue weighted by Crippen LogP contribution is -2.39. The summed E-state index contributed by atoms with van der Waals surface area (Å²) in [6.07, 6.45) is 5.73. The lowest BCUT2D eigenvalue weighted by atomic mass is 9.90. The number of nitrogens with one attached hydrogen (secondary N) is 1. The predicted octanol–water partition coefficient (Wildman–Crippen LogP) is 7.21. The van der Waals surface area contributed by atoms with Crippen molar-refractivity contribution < 1.29 is 18.0 Å². The van der Waals surface area contributed by atoms with Gasteiger partial charge in [-0.1, -0.05) is 41.1 Å². The molecule has 11 heteroatoms. The molecular formula is C28H21ClF3N5OS. The molecule has 0 bridgehead atoms. The van der Waals surface area contributed by atoms with Gasteiger partial charge in [0.2, 0.25) is 0 Å². The number of nitrogens with zero attached hydrogens (tertiary/aromatic N) is 4. The number of thiazole rings is 1. The third kappa shape index (κ3) is 4.90. The van der Waals surface area contributed by atoms with Gasteiger partial charge in [-0.05, 0) is 56.0 Å². The van der Waals surface area contributed by atoms with Crippen molar-refractivity contribution in [2.24, 2.45) is 0 Å². The van der Waals surface area contributed by atoms with E-state index in [0.717, 1.165) is 30.6 Å². The van der Waals surface area contributed by atoms with Crippen LogP contribution in [0.3, 0.4) is 0 Å². The second kappa shape index (κ2) is 10.4. The van der Waals surface area contributed by atoms with Gasteiger partial charge in [-0.2, -0.15) is 0 Å². The van der Waals surface area contributed by atoms with Gasteiger partial charge in [-0.15, -0.1) is 0 Å². The summed E-state index contributed by atoms with van der Waals surface area (Å²) in [5, 5.41) is 3.32. The quantitative estimate of drug-likeness (QED) is 0.244. The predicted molar refractivity (Wildman–Crippen MR) is 144 cm³/mol. The van der Waals surface area contributed by atoms with E-state index in [1.54, 1.807) is 24.3 Å². The number of hydrogen-bond donors (Lipinski definition) is 1. The van der Waals surface area contributed by atoms with Crippen LogP contribution in [0.1, 0.15) is 41.5 Å². The molecule has 1 unspecified atom stereocenters. The van der Waals surface area contributed by atoms with Crippen molar-refractivity contribution in [2.75, 3.05) is 0 Å². The fourth-order valence-corrected chi connectivity index (χ4v) is 6.03. The number of benzene rings is 2. The molecule has 3 aromatic heterocycles. The maximum Gasteiger partial charge on any atom is 0.280 e. The van der Waals surface area contributed by atoms with Crippen LogP contribution in [0, 0.1) is 17.5 Å². The smallest absolute Gasteiger partial charge is 0.280 e. The first-order valence-electron chi connectivity index (χ1n) is 12.4. The molecule has 6 nitrogen and oxygen atoms in total. The van der Waals surface area contributed by atoms with Crippen molar-refractivity contribution in [3.8, 4) is 22.6 Å². The number of halogens is 4. The van der Waals surface area contributed by atoms with E-state index in [4.69, 9.17) is 16.6 Å². The number of fused-ring (bicyclic) bond motifs is 1. The average Bonchev–Trinajstić information content (AvgIpc) is 3.52. The fraction of sp³-hybridized carbons (Fsp3) is 0.214. The molecule has 0 saturated heterocycles. The molecule has 2 atom stereocenters. The van der Waals surface area contributed by atoms with Crippen molar-refractivity contribution in [2.45, 2.75) is 37.8 Å². The number of amides is 1. The monoisotopic (exact) mass is 567 g/mol. The number of aromatic nitrogens is 4. The minimum Gasteiger partial charge on any atom is -0.347 e. The summed E-state index contributed by atoms with van der Waals surface area (Å²) in [5.41, 5.74) is 1.22. The molecule has 2 aromatic carbocycles. The van der Waals surface area contributed by atoms with Crippen LogP contribution in [0.5, 0.6) is 0 Å². The van der Waals surface area contributed by atoms with Crippen molar-refractivity contribution in [1.82, 2.24) is 24.8 Å². The third-order valence-electron chi connectivity index (χ3n) is 6.93. The molecule has 198 valence electrons. The highest BCUT2D eigenvalue weighted by Gasteiger charge is 2.30. The number of hydrogen-bond acceptors (Lipinski definition) is 5. The van der Waals surface area contributed by atoms with E-state index in [-0.39, 0.29) is 34.3 Å². The van der Waals surface area contributed by atoms with Gasteiger partial charge in [-0.25, -0.2) is 23.1 Å². The molecule has 0 aliphatic heterocycles. The van der Waals surface area contributed by atoms with Gasteiger partial charge in [-0.3, -0.25) is 9.78 Å². The highest BCUT2D eigenvalue weighted by molar-refractivity contribution is 7.17. The largest absolute Gasteiger partial charge is 0.347 e. The Labute approximate surface area is 230 Å². The van der Waals surface area contributed by atoms with Gasteiger partial charge in [0.15, 0.2) is 5.01 Å². The van der Waals surface area contributed by atoms with E-state index in [0.29, 0.717) is 33.2 Å². The number of imidazole rings is 1. The minimum atomic E-state index is -0.732. The lowest BCUT2D eigenvalue weighted by molar-refractivity contribution is 0.0920. The molecule has 3 heterocycles. The van der Waals surface area contributed by atoms with Crippen LogP contribution in [0.2, 0.25) is 4.34 Å². The van der Waals surface area contributed by atoms with Gasteiger partial charge in [0.25, 0.3) is 5.91 Å². The average molecular weight is 568 g/mol. The molecule has 6 rings (SSSR count). The van der Waals surface area contributed by atoms with Crippen LogP contribution in [0.4, 0.5) is 13.2 Å². The molecule has 1 aliphatic rings. The maximum absolute atomic E-state index is 15.0. The summed E-state index contributed by atoms with van der Waals surface area (Å²) in [5.74, 6) is -1.82. The number of pyridine rings is 1. The zero-order valence-electron chi connectivity index (χ0n) is 20.4. The van der Waals surface area contributed by atoms with Gasteiger partial charge < -0.3 is 9.88 Å². The molecule has 0 radical (unpaired) electrons. The molecular weight excluding hydrogens is 547 g/mol. The number of carbonyl (C=O) groups excluding carboxylic acids is 1. The van der Waals surface area contributed by atoms with Crippen LogP contribution in [-0.2, 0) is 0 Å². The van der Waals surface area contributed by atoms with Crippen molar-refractivity contribution in [1.29, 1.82) is 0 Å². The standard InChI is InChI=1S/C28H21ClF3N5OS/c29-24-14-34-28(39-24)27(38)35-15-5-3-6-16(11-15)37-23-12-21(25-19(31)9-4-10-20(25)32)33-13-22(23)36-26(37)17-7-1-2-8-18(17)30/h1-2,4,7-10,12-16H,3,5-6,11H2,(H,35,38)/t15-,16?/m0/s1. The molecule has 1 fully saturated rings. The number of rotatable bonds is 5. The summed E-state index contributed by atoms with van der Waals surface area (Å²) >= 11 is 7.05. The Kier molecular flexibility index (Phi) is 6.82. The maximum atomic E-state index is 15.0. The summed E-state index contributed by atoms with van der Waals surface area (Å²) in [6, 6.07) is 11.2. The third-order valence-corrected chi connectivity index (χ3v) is 8.04. The summed E-state index contributed by atoms with van der Waals surface area (Å²) in [4.78, 5) is 25.8. The van der Waals surface area contributed by atoms with Crippen LogP contribution < -0.4 is 5.32 Å². The lowest BCUT2D eigenvalue weighted by Gasteiger charge is -2.32. The first-order chi connectivity index (χ1) is 18.9. The summed E-state index contributed by atoms with van der Waals surface area (Å²) in [7, 11) is 0. The molecule has 1 N–H and O–H groups in total. The van der Waals surface area contributed by atoms with Crippen LogP contribution in [0.15, 0.2) is 60.9 Å². The second-order valence-corrected chi connectivity index (χ2v) is 11.1. The Morgan fingerprint density at radius 2 is 1.77 bits per heavy atom. The zero-order valence-corrected chi connectivity index (χ0v) is 21.9. The number of carbonyl (C=O) groups is 1. The minimum absolute atomic E-state index is 0.112. The van der Waals surface area contributed by atoms with E-state index >= 15 is 0 Å². The first-order valence-corrected chi connectivity index (χ1v) is 13.6. The van der Waals surface area contributed by atoms with E-state index in [1.165, 1.54) is 36.7 Å². The highest BCUT2D eigenvalue weighted by atomic mass is 35.5. The van der Waals surface area contributed by atoms with Crippen LogP contribution in [0.25, 0.3) is 33.7 Å². The molecule has 1 saturated carbocycles. The fourth-order valence-electron chi connectivity index (χ4n) is 5.22. The molecule has 1 aliphatic carbocycles. The Morgan fingerprint density at radius 1 is 1.00 bits per heavy atom. The van der Waals surface area contributed by atoms with Gasteiger partial charge in [0.05, 0.1) is 34.7 Å². The van der Waals surface area contributed by atoms with E-state index in [2.05, 4.69) is 15.3 Å². The van der Waals surface area contributed by atoms with E-state index in [9.17, 15) is 18.0 Å². The molecule has 0 spiro atoms. The molecule has 39 heavy (non-hydrogen) atoms. The molecule has 5 aromatic rings. The van der Waals surface area contributed by atoms with E-state index < -0.39 is 17.5 Å². The van der Waals surface area contributed by atoms with Crippen LogP contribution in [-0.4, -0.2) is 31.5 Å². The van der Waals surface area contributed by atoms with Gasteiger partial charge in [0.1, 0.15) is 33.1 Å². The van der Waals surface area contributed by atoms with Crippen molar-refractivity contribution in [3.63, 3.8) is 0 Å². The Balaban J connectivity index is 1.43. The van der Waals surface area contributed by atoms with Crippen molar-refractivity contribution >= 4 is 39.9 Å². The van der Waals surface area contributed by atoms with Gasteiger partial charge in [0, 0.05) is 12.1 Å². The van der Waals surface area contributed by atoms with Gasteiger partial charge >= 0.3 is 0 Å².